The highest BCUT2D eigenvalue weighted by Gasteiger charge is 2.11. The molecule has 1 amide bonds. The molecule has 6 heteroatoms. The summed E-state index contributed by atoms with van der Waals surface area (Å²) in [5.74, 6) is 0.854. The van der Waals surface area contributed by atoms with Gasteiger partial charge in [0.05, 0.1) is 6.54 Å². The first-order valence-corrected chi connectivity index (χ1v) is 6.01. The van der Waals surface area contributed by atoms with E-state index in [1.54, 1.807) is 7.05 Å². The molecule has 0 unspecified atom stereocenters. The topological polar surface area (TPSA) is 56.7 Å². The molecule has 1 aliphatic rings. The van der Waals surface area contributed by atoms with Crippen molar-refractivity contribution in [3.8, 4) is 0 Å². The Kier molecular flexibility index (Phi) is 6.07. The molecular weight excluding hydrogens is 355 g/mol. The minimum Gasteiger partial charge on any atom is -0.355 e. The molecule has 1 aliphatic heterocycles. The number of guanidine groups is 1. The van der Waals surface area contributed by atoms with Gasteiger partial charge in [-0.25, -0.2) is 0 Å². The largest absolute Gasteiger partial charge is 0.355 e. The fraction of sp³-hybridized carbons (Fsp3) is 0.385. The van der Waals surface area contributed by atoms with Crippen molar-refractivity contribution in [1.29, 1.82) is 0 Å². The van der Waals surface area contributed by atoms with Gasteiger partial charge in [0.2, 0.25) is 0 Å². The Bertz CT molecular complexity index is 475. The standard InChI is InChI=1S/C13H18N4O.HI/c1-14-12(18)11-5-3-4-10(8-11)9-16-13-15-6-7-17(13)2;/h3-5,8H,6-7,9H2,1-2H3,(H,14,18)(H,15,16);1H. The van der Waals surface area contributed by atoms with Crippen molar-refractivity contribution in [2.45, 2.75) is 6.54 Å². The van der Waals surface area contributed by atoms with Gasteiger partial charge in [-0.1, -0.05) is 12.1 Å². The number of nitrogens with zero attached hydrogens (tertiary/aromatic N) is 2. The maximum absolute atomic E-state index is 11.5. The monoisotopic (exact) mass is 374 g/mol. The van der Waals surface area contributed by atoms with E-state index in [-0.39, 0.29) is 29.9 Å². The van der Waals surface area contributed by atoms with E-state index in [4.69, 9.17) is 0 Å². The lowest BCUT2D eigenvalue weighted by Gasteiger charge is -2.15. The van der Waals surface area contributed by atoms with Crippen LogP contribution in [0.25, 0.3) is 0 Å². The maximum atomic E-state index is 11.5. The molecule has 19 heavy (non-hydrogen) atoms. The summed E-state index contributed by atoms with van der Waals surface area (Å²) >= 11 is 0. The van der Waals surface area contributed by atoms with Crippen LogP contribution in [0.5, 0.6) is 0 Å². The summed E-state index contributed by atoms with van der Waals surface area (Å²) in [4.78, 5) is 18.0. The van der Waals surface area contributed by atoms with Gasteiger partial charge in [-0.05, 0) is 17.7 Å². The predicted molar refractivity (Wildman–Crippen MR) is 87.0 cm³/mol. The number of rotatable bonds is 3. The molecule has 2 rings (SSSR count). The van der Waals surface area contributed by atoms with Crippen molar-refractivity contribution in [3.05, 3.63) is 35.4 Å². The van der Waals surface area contributed by atoms with Crippen LogP contribution in [0.4, 0.5) is 0 Å². The second kappa shape index (κ2) is 7.32. The number of aliphatic imine (C=N–C) groups is 1. The first kappa shape index (κ1) is 15.7. The molecule has 5 nitrogen and oxygen atoms in total. The van der Waals surface area contributed by atoms with Crippen LogP contribution in [-0.2, 0) is 6.54 Å². The van der Waals surface area contributed by atoms with E-state index in [1.807, 2.05) is 31.3 Å². The van der Waals surface area contributed by atoms with Crippen molar-refractivity contribution in [1.82, 2.24) is 15.5 Å². The van der Waals surface area contributed by atoms with Gasteiger partial charge in [0.15, 0.2) is 5.96 Å². The molecule has 0 saturated heterocycles. The SMILES string of the molecule is CNC(=O)c1cccc(CNC2=NCCN2C)c1.I. The number of carbonyl (C=O) groups is 1. The molecule has 1 aromatic carbocycles. The Hall–Kier alpha value is -1.31. The third kappa shape index (κ3) is 4.09. The summed E-state index contributed by atoms with van der Waals surface area (Å²) in [6.45, 7) is 2.48. The Morgan fingerprint density at radius 1 is 1.47 bits per heavy atom. The van der Waals surface area contributed by atoms with E-state index >= 15 is 0 Å². The first-order valence-electron chi connectivity index (χ1n) is 6.01. The number of carbonyl (C=O) groups excluding carboxylic acids is 1. The van der Waals surface area contributed by atoms with Crippen LogP contribution in [0.1, 0.15) is 15.9 Å². The first-order chi connectivity index (χ1) is 8.70. The molecule has 0 atom stereocenters. The van der Waals surface area contributed by atoms with Gasteiger partial charge >= 0.3 is 0 Å². The van der Waals surface area contributed by atoms with E-state index in [9.17, 15) is 4.79 Å². The minimum absolute atomic E-state index is 0. The van der Waals surface area contributed by atoms with Crippen LogP contribution in [-0.4, -0.2) is 44.0 Å². The van der Waals surface area contributed by atoms with Crippen LogP contribution in [0.2, 0.25) is 0 Å². The summed E-state index contributed by atoms with van der Waals surface area (Å²) in [6, 6.07) is 7.58. The summed E-state index contributed by atoms with van der Waals surface area (Å²) in [5, 5.41) is 5.90. The zero-order valence-electron chi connectivity index (χ0n) is 11.1. The number of hydrogen-bond donors (Lipinski definition) is 2. The van der Waals surface area contributed by atoms with Gasteiger partial charge in [0.1, 0.15) is 0 Å². The van der Waals surface area contributed by atoms with Gasteiger partial charge in [-0.3, -0.25) is 9.79 Å². The molecule has 0 saturated carbocycles. The summed E-state index contributed by atoms with van der Waals surface area (Å²) in [6.07, 6.45) is 0. The number of hydrogen-bond acceptors (Lipinski definition) is 4. The molecule has 1 heterocycles. The highest BCUT2D eigenvalue weighted by molar-refractivity contribution is 14.0. The van der Waals surface area contributed by atoms with Crippen LogP contribution < -0.4 is 10.6 Å². The van der Waals surface area contributed by atoms with Crippen molar-refractivity contribution < 1.29 is 4.79 Å². The number of nitrogens with one attached hydrogen (secondary N) is 2. The molecule has 2 N–H and O–H groups in total. The van der Waals surface area contributed by atoms with Crippen LogP contribution in [0.15, 0.2) is 29.3 Å². The second-order valence-corrected chi connectivity index (χ2v) is 4.26. The van der Waals surface area contributed by atoms with E-state index in [1.165, 1.54) is 0 Å². The molecule has 0 radical (unpaired) electrons. The van der Waals surface area contributed by atoms with Gasteiger partial charge < -0.3 is 15.5 Å². The quantitative estimate of drug-likeness (QED) is 0.778. The second-order valence-electron chi connectivity index (χ2n) is 4.26. The van der Waals surface area contributed by atoms with Crippen molar-refractivity contribution in [2.24, 2.45) is 4.99 Å². The smallest absolute Gasteiger partial charge is 0.251 e. The van der Waals surface area contributed by atoms with Gasteiger partial charge in [-0.2, -0.15) is 0 Å². The van der Waals surface area contributed by atoms with E-state index < -0.39 is 0 Å². The number of amides is 1. The summed E-state index contributed by atoms with van der Waals surface area (Å²) in [7, 11) is 3.65. The highest BCUT2D eigenvalue weighted by atomic mass is 127. The third-order valence-corrected chi connectivity index (χ3v) is 2.93. The minimum atomic E-state index is -0.0628. The van der Waals surface area contributed by atoms with Crippen LogP contribution >= 0.6 is 24.0 Å². The van der Waals surface area contributed by atoms with Gasteiger partial charge in [0.25, 0.3) is 5.91 Å². The molecule has 0 aliphatic carbocycles. The molecule has 104 valence electrons. The lowest BCUT2D eigenvalue weighted by atomic mass is 10.1. The Morgan fingerprint density at radius 3 is 2.89 bits per heavy atom. The normalized spacial score (nSPS) is 13.6. The Labute approximate surface area is 130 Å². The zero-order valence-corrected chi connectivity index (χ0v) is 13.5. The lowest BCUT2D eigenvalue weighted by molar-refractivity contribution is 0.0963. The number of halogens is 1. The van der Waals surface area contributed by atoms with Crippen LogP contribution in [0, 0.1) is 0 Å². The fourth-order valence-electron chi connectivity index (χ4n) is 1.87. The number of benzene rings is 1. The average molecular weight is 374 g/mol. The van der Waals surface area contributed by atoms with Crippen LogP contribution in [0.3, 0.4) is 0 Å². The Morgan fingerprint density at radius 2 is 2.26 bits per heavy atom. The van der Waals surface area contributed by atoms with Gasteiger partial charge in [0, 0.05) is 32.7 Å². The molecular formula is C13H19IN4O. The molecule has 0 aromatic heterocycles. The summed E-state index contributed by atoms with van der Waals surface area (Å²) < 4.78 is 0. The van der Waals surface area contributed by atoms with Crippen molar-refractivity contribution in [3.63, 3.8) is 0 Å². The summed E-state index contributed by atoms with van der Waals surface area (Å²) in [5.41, 5.74) is 1.75. The molecule has 0 fully saturated rings. The van der Waals surface area contributed by atoms with E-state index in [2.05, 4.69) is 20.5 Å². The predicted octanol–water partition coefficient (Wildman–Crippen LogP) is 1.06. The third-order valence-electron chi connectivity index (χ3n) is 2.93. The van der Waals surface area contributed by atoms with Crippen molar-refractivity contribution in [2.75, 3.05) is 27.2 Å². The lowest BCUT2D eigenvalue weighted by Crippen LogP contribution is -2.35. The molecule has 0 spiro atoms. The maximum Gasteiger partial charge on any atom is 0.251 e. The zero-order chi connectivity index (χ0) is 13.0. The van der Waals surface area contributed by atoms with E-state index in [0.29, 0.717) is 12.1 Å². The Balaban J connectivity index is 0.00000180. The average Bonchev–Trinajstić information content (AvgIpc) is 2.81. The highest BCUT2D eigenvalue weighted by Crippen LogP contribution is 2.06. The molecule has 0 bridgehead atoms. The van der Waals surface area contributed by atoms with E-state index in [0.717, 1.165) is 24.6 Å². The van der Waals surface area contributed by atoms with Crippen molar-refractivity contribution >= 4 is 35.8 Å². The van der Waals surface area contributed by atoms with Gasteiger partial charge in [-0.15, -0.1) is 24.0 Å². The number of likely N-dealkylation sites (N-methyl/N-ethyl adjacent to an activating group) is 1. The fourth-order valence-corrected chi connectivity index (χ4v) is 1.87. The molecule has 1 aromatic rings.